The Morgan fingerprint density at radius 1 is 1.35 bits per heavy atom. The van der Waals surface area contributed by atoms with E-state index >= 15 is 0 Å². The molecule has 0 aliphatic rings. The minimum absolute atomic E-state index is 0.876. The van der Waals surface area contributed by atoms with Crippen molar-refractivity contribution >= 4 is 28.2 Å². The standard InChI is InChI=1S/C14H19N3OS2/c1-3-4-8-15-13-16-17-14(20-13)19-10-11-6-5-7-12(9-11)18-2/h5-7,9H,3-4,8,10H2,1-2H3,(H,15,16). The molecule has 0 unspecified atom stereocenters. The molecule has 4 nitrogen and oxygen atoms in total. The Morgan fingerprint density at radius 2 is 2.25 bits per heavy atom. The Balaban J connectivity index is 1.84. The first-order valence-electron chi connectivity index (χ1n) is 6.65. The maximum Gasteiger partial charge on any atom is 0.206 e. The Morgan fingerprint density at radius 3 is 3.05 bits per heavy atom. The summed E-state index contributed by atoms with van der Waals surface area (Å²) in [5.41, 5.74) is 1.23. The molecule has 0 aliphatic carbocycles. The smallest absolute Gasteiger partial charge is 0.206 e. The molecule has 1 N–H and O–H groups in total. The van der Waals surface area contributed by atoms with Gasteiger partial charge in [0.05, 0.1) is 7.11 Å². The van der Waals surface area contributed by atoms with E-state index in [1.165, 1.54) is 12.0 Å². The van der Waals surface area contributed by atoms with Crippen LogP contribution in [0, 0.1) is 0 Å². The van der Waals surface area contributed by atoms with Gasteiger partial charge in [-0.15, -0.1) is 10.2 Å². The van der Waals surface area contributed by atoms with Gasteiger partial charge in [-0.1, -0.05) is 48.6 Å². The molecule has 1 aromatic carbocycles. The average Bonchev–Trinajstić information content (AvgIpc) is 2.94. The number of unbranched alkanes of at least 4 members (excludes halogenated alkanes) is 1. The van der Waals surface area contributed by atoms with Gasteiger partial charge in [0.25, 0.3) is 0 Å². The summed E-state index contributed by atoms with van der Waals surface area (Å²) in [5, 5.41) is 12.5. The third-order valence-corrected chi connectivity index (χ3v) is 4.79. The first-order valence-corrected chi connectivity index (χ1v) is 8.45. The maximum atomic E-state index is 5.22. The highest BCUT2D eigenvalue weighted by atomic mass is 32.2. The fourth-order valence-corrected chi connectivity index (χ4v) is 3.34. The van der Waals surface area contributed by atoms with E-state index in [0.717, 1.165) is 33.9 Å². The van der Waals surface area contributed by atoms with Crippen LogP contribution in [0.2, 0.25) is 0 Å². The first kappa shape index (κ1) is 15.1. The lowest BCUT2D eigenvalue weighted by Crippen LogP contribution is -1.99. The highest BCUT2D eigenvalue weighted by molar-refractivity contribution is 8.00. The summed E-state index contributed by atoms with van der Waals surface area (Å²) < 4.78 is 6.21. The predicted octanol–water partition coefficient (Wildman–Crippen LogP) is 4.05. The summed E-state index contributed by atoms with van der Waals surface area (Å²) in [6.07, 6.45) is 2.34. The molecule has 1 heterocycles. The summed E-state index contributed by atoms with van der Waals surface area (Å²) >= 11 is 3.31. The van der Waals surface area contributed by atoms with Crippen LogP contribution in [0.25, 0.3) is 0 Å². The van der Waals surface area contributed by atoms with Crippen molar-refractivity contribution < 1.29 is 4.74 Å². The van der Waals surface area contributed by atoms with Crippen molar-refractivity contribution in [3.8, 4) is 5.75 Å². The minimum Gasteiger partial charge on any atom is -0.497 e. The molecule has 20 heavy (non-hydrogen) atoms. The maximum absolute atomic E-state index is 5.22. The fourth-order valence-electron chi connectivity index (χ4n) is 1.62. The van der Waals surface area contributed by atoms with Crippen molar-refractivity contribution in [3.05, 3.63) is 29.8 Å². The van der Waals surface area contributed by atoms with Gasteiger partial charge in [0.15, 0.2) is 4.34 Å². The van der Waals surface area contributed by atoms with Gasteiger partial charge >= 0.3 is 0 Å². The number of hydrogen-bond acceptors (Lipinski definition) is 6. The number of anilines is 1. The Kier molecular flexibility index (Phi) is 6.14. The molecule has 0 fully saturated rings. The van der Waals surface area contributed by atoms with E-state index in [1.54, 1.807) is 30.2 Å². The predicted molar refractivity (Wildman–Crippen MR) is 85.9 cm³/mol. The number of methoxy groups -OCH3 is 1. The van der Waals surface area contributed by atoms with Gasteiger partial charge in [-0.2, -0.15) is 0 Å². The molecule has 1 aromatic heterocycles. The lowest BCUT2D eigenvalue weighted by atomic mass is 10.2. The van der Waals surface area contributed by atoms with Gasteiger partial charge in [-0.25, -0.2) is 0 Å². The molecule has 0 saturated carbocycles. The van der Waals surface area contributed by atoms with Gasteiger partial charge in [0.2, 0.25) is 5.13 Å². The highest BCUT2D eigenvalue weighted by Crippen LogP contribution is 2.29. The van der Waals surface area contributed by atoms with Gasteiger partial charge in [0.1, 0.15) is 5.75 Å². The molecule has 0 radical (unpaired) electrons. The van der Waals surface area contributed by atoms with E-state index in [4.69, 9.17) is 4.74 Å². The summed E-state index contributed by atoms with van der Waals surface area (Å²) in [4.78, 5) is 0. The summed E-state index contributed by atoms with van der Waals surface area (Å²) in [6.45, 7) is 3.14. The van der Waals surface area contributed by atoms with Gasteiger partial charge < -0.3 is 10.1 Å². The van der Waals surface area contributed by atoms with Gasteiger partial charge in [-0.05, 0) is 24.1 Å². The second-order valence-corrected chi connectivity index (χ2v) is 6.49. The molecule has 0 atom stereocenters. The third-order valence-electron chi connectivity index (χ3n) is 2.71. The second-order valence-electron chi connectivity index (χ2n) is 4.29. The lowest BCUT2D eigenvalue weighted by molar-refractivity contribution is 0.414. The summed E-state index contributed by atoms with van der Waals surface area (Å²) in [7, 11) is 1.69. The Hall–Kier alpha value is -1.27. The third kappa shape index (κ3) is 4.68. The molecule has 0 spiro atoms. The molecule has 0 aliphatic heterocycles. The lowest BCUT2D eigenvalue weighted by Gasteiger charge is -2.02. The van der Waals surface area contributed by atoms with Crippen molar-refractivity contribution in [2.24, 2.45) is 0 Å². The zero-order valence-corrected chi connectivity index (χ0v) is 13.4. The van der Waals surface area contributed by atoms with E-state index in [9.17, 15) is 0 Å². The number of aromatic nitrogens is 2. The number of benzene rings is 1. The molecule has 6 heteroatoms. The van der Waals surface area contributed by atoms with Crippen molar-refractivity contribution in [1.29, 1.82) is 0 Å². The van der Waals surface area contributed by atoms with Crippen LogP contribution in [0.4, 0.5) is 5.13 Å². The fraction of sp³-hybridized carbons (Fsp3) is 0.429. The molecular formula is C14H19N3OS2. The van der Waals surface area contributed by atoms with E-state index in [0.29, 0.717) is 0 Å². The molecule has 2 aromatic rings. The van der Waals surface area contributed by atoms with Crippen LogP contribution < -0.4 is 10.1 Å². The Labute approximate surface area is 128 Å². The zero-order valence-electron chi connectivity index (χ0n) is 11.8. The van der Waals surface area contributed by atoms with Crippen LogP contribution in [0.15, 0.2) is 28.6 Å². The normalized spacial score (nSPS) is 10.5. The van der Waals surface area contributed by atoms with Crippen molar-refractivity contribution in [1.82, 2.24) is 10.2 Å². The summed E-state index contributed by atoms with van der Waals surface area (Å²) in [6, 6.07) is 8.10. The number of ether oxygens (including phenoxy) is 1. The van der Waals surface area contributed by atoms with Crippen LogP contribution in [-0.4, -0.2) is 23.9 Å². The van der Waals surface area contributed by atoms with Crippen molar-refractivity contribution in [3.63, 3.8) is 0 Å². The Bertz CT molecular complexity index is 531. The monoisotopic (exact) mass is 309 g/mol. The van der Waals surface area contributed by atoms with Crippen LogP contribution in [0.3, 0.4) is 0 Å². The van der Waals surface area contributed by atoms with Crippen LogP contribution in [0.1, 0.15) is 25.3 Å². The molecular weight excluding hydrogens is 290 g/mol. The number of thioether (sulfide) groups is 1. The molecule has 0 bridgehead atoms. The molecule has 0 saturated heterocycles. The topological polar surface area (TPSA) is 47.0 Å². The molecule has 0 amide bonds. The number of nitrogens with one attached hydrogen (secondary N) is 1. The quantitative estimate of drug-likeness (QED) is 0.589. The van der Waals surface area contributed by atoms with Gasteiger partial charge in [-0.3, -0.25) is 0 Å². The van der Waals surface area contributed by atoms with Crippen LogP contribution in [-0.2, 0) is 5.75 Å². The second kappa shape index (κ2) is 8.11. The van der Waals surface area contributed by atoms with E-state index in [1.807, 2.05) is 12.1 Å². The number of nitrogens with zero attached hydrogens (tertiary/aromatic N) is 2. The largest absolute Gasteiger partial charge is 0.497 e. The molecule has 2 rings (SSSR count). The van der Waals surface area contributed by atoms with Crippen molar-refractivity contribution in [2.75, 3.05) is 19.0 Å². The average molecular weight is 309 g/mol. The van der Waals surface area contributed by atoms with Gasteiger partial charge in [0, 0.05) is 12.3 Å². The number of hydrogen-bond donors (Lipinski definition) is 1. The summed E-state index contributed by atoms with van der Waals surface area (Å²) in [5.74, 6) is 1.77. The van der Waals surface area contributed by atoms with Crippen LogP contribution >= 0.6 is 23.1 Å². The minimum atomic E-state index is 0.876. The highest BCUT2D eigenvalue weighted by Gasteiger charge is 2.05. The zero-order chi connectivity index (χ0) is 14.2. The molecule has 108 valence electrons. The van der Waals surface area contributed by atoms with E-state index < -0.39 is 0 Å². The SMILES string of the molecule is CCCCNc1nnc(SCc2cccc(OC)c2)s1. The first-order chi connectivity index (χ1) is 9.81. The number of rotatable bonds is 8. The van der Waals surface area contributed by atoms with Crippen LogP contribution in [0.5, 0.6) is 5.75 Å². The van der Waals surface area contributed by atoms with Crippen molar-refractivity contribution in [2.45, 2.75) is 29.9 Å². The van der Waals surface area contributed by atoms with E-state index in [-0.39, 0.29) is 0 Å². The van der Waals surface area contributed by atoms with E-state index in [2.05, 4.69) is 34.6 Å².